The number of halogens is 4. The average molecular weight is 333 g/mol. The SMILES string of the molecule is Cc1c(C(F)(F)F)cnn(-c2ccc(Cl)c(C(=O)O)c2)c1=O. The van der Waals surface area contributed by atoms with E-state index in [0.717, 1.165) is 13.0 Å². The number of carboxylic acid groups (broad SMARTS) is 1. The Balaban J connectivity index is 2.65. The summed E-state index contributed by atoms with van der Waals surface area (Å²) < 4.78 is 38.8. The second-order valence-corrected chi connectivity index (χ2v) is 4.77. The molecule has 0 amide bonds. The first-order valence-corrected chi connectivity index (χ1v) is 6.20. The molecule has 1 heterocycles. The van der Waals surface area contributed by atoms with Crippen molar-refractivity contribution in [3.8, 4) is 5.69 Å². The summed E-state index contributed by atoms with van der Waals surface area (Å²) in [6.07, 6.45) is -4.17. The number of alkyl halides is 3. The Hall–Kier alpha value is -2.35. The molecule has 9 heteroatoms. The van der Waals surface area contributed by atoms with E-state index in [1.807, 2.05) is 0 Å². The molecule has 5 nitrogen and oxygen atoms in total. The molecule has 0 aliphatic heterocycles. The number of hydrogen-bond donors (Lipinski definition) is 1. The summed E-state index contributed by atoms with van der Waals surface area (Å²) in [5, 5.41) is 12.4. The van der Waals surface area contributed by atoms with E-state index in [2.05, 4.69) is 5.10 Å². The van der Waals surface area contributed by atoms with Gasteiger partial charge in [0, 0.05) is 5.56 Å². The van der Waals surface area contributed by atoms with Gasteiger partial charge in [-0.05, 0) is 25.1 Å². The molecule has 1 N–H and O–H groups in total. The van der Waals surface area contributed by atoms with Gasteiger partial charge in [0.1, 0.15) is 0 Å². The predicted octanol–water partition coefficient (Wildman–Crippen LogP) is 2.91. The minimum atomic E-state index is -4.69. The lowest BCUT2D eigenvalue weighted by Gasteiger charge is -2.12. The maximum atomic E-state index is 12.7. The fraction of sp³-hybridized carbons (Fsp3) is 0.154. The predicted molar refractivity (Wildman–Crippen MR) is 71.5 cm³/mol. The van der Waals surface area contributed by atoms with Gasteiger partial charge in [-0.1, -0.05) is 11.6 Å². The summed E-state index contributed by atoms with van der Waals surface area (Å²) in [5.41, 5.74) is -2.95. The van der Waals surface area contributed by atoms with Gasteiger partial charge in [0.2, 0.25) is 0 Å². The highest BCUT2D eigenvalue weighted by Gasteiger charge is 2.34. The Bertz CT molecular complexity index is 815. The molecule has 0 atom stereocenters. The Labute approximate surface area is 126 Å². The van der Waals surface area contributed by atoms with Gasteiger partial charge in [-0.2, -0.15) is 23.0 Å². The molecule has 22 heavy (non-hydrogen) atoms. The smallest absolute Gasteiger partial charge is 0.418 e. The van der Waals surface area contributed by atoms with E-state index in [1.54, 1.807) is 0 Å². The van der Waals surface area contributed by atoms with Crippen LogP contribution in [0.5, 0.6) is 0 Å². The maximum absolute atomic E-state index is 12.7. The zero-order valence-electron chi connectivity index (χ0n) is 11.0. The number of benzene rings is 1. The van der Waals surface area contributed by atoms with E-state index in [9.17, 15) is 22.8 Å². The van der Waals surface area contributed by atoms with E-state index >= 15 is 0 Å². The van der Waals surface area contributed by atoms with Gasteiger partial charge in [0.15, 0.2) is 0 Å². The molecule has 0 aliphatic carbocycles. The van der Waals surface area contributed by atoms with Gasteiger partial charge < -0.3 is 5.11 Å². The topological polar surface area (TPSA) is 72.2 Å². The Morgan fingerprint density at radius 1 is 1.36 bits per heavy atom. The molecule has 0 unspecified atom stereocenters. The van der Waals surface area contributed by atoms with Gasteiger partial charge in [-0.15, -0.1) is 0 Å². The highest BCUT2D eigenvalue weighted by molar-refractivity contribution is 6.33. The third kappa shape index (κ3) is 2.82. The van der Waals surface area contributed by atoms with Crippen LogP contribution in [-0.4, -0.2) is 20.9 Å². The lowest BCUT2D eigenvalue weighted by Crippen LogP contribution is -2.27. The number of rotatable bonds is 2. The zero-order chi connectivity index (χ0) is 16.7. The Morgan fingerprint density at radius 2 is 2.00 bits per heavy atom. The fourth-order valence-electron chi connectivity index (χ4n) is 1.82. The number of hydrogen-bond acceptors (Lipinski definition) is 3. The standard InChI is InChI=1S/C13H8ClF3N2O3/c1-6-9(13(15,16)17)5-18-19(11(6)20)7-2-3-10(14)8(4-7)12(21)22/h2-5H,1H3,(H,21,22). The van der Waals surface area contributed by atoms with Crippen LogP contribution in [0.2, 0.25) is 5.02 Å². The lowest BCUT2D eigenvalue weighted by molar-refractivity contribution is -0.138. The Kier molecular flexibility index (Phi) is 3.97. The quantitative estimate of drug-likeness (QED) is 0.917. The van der Waals surface area contributed by atoms with E-state index in [1.165, 1.54) is 12.1 Å². The van der Waals surface area contributed by atoms with Crippen molar-refractivity contribution in [2.75, 3.05) is 0 Å². The molecular formula is C13H8ClF3N2O3. The second-order valence-electron chi connectivity index (χ2n) is 4.37. The van der Waals surface area contributed by atoms with E-state index in [0.29, 0.717) is 10.9 Å². The summed E-state index contributed by atoms with van der Waals surface area (Å²) in [4.78, 5) is 23.0. The van der Waals surface area contributed by atoms with Crippen LogP contribution in [0.4, 0.5) is 13.2 Å². The molecule has 0 fully saturated rings. The van der Waals surface area contributed by atoms with Crippen LogP contribution in [0.3, 0.4) is 0 Å². The van der Waals surface area contributed by atoms with Crippen molar-refractivity contribution in [1.82, 2.24) is 9.78 Å². The average Bonchev–Trinajstić information content (AvgIpc) is 2.41. The third-order valence-electron chi connectivity index (χ3n) is 2.95. The first kappa shape index (κ1) is 16.0. The monoisotopic (exact) mass is 332 g/mol. The van der Waals surface area contributed by atoms with Gasteiger partial charge in [-0.3, -0.25) is 4.79 Å². The van der Waals surface area contributed by atoms with Gasteiger partial charge in [-0.25, -0.2) is 4.79 Å². The molecule has 2 rings (SSSR count). The first-order valence-electron chi connectivity index (χ1n) is 5.82. The summed E-state index contributed by atoms with van der Waals surface area (Å²) >= 11 is 5.70. The minimum absolute atomic E-state index is 0.00336. The van der Waals surface area contributed by atoms with Crippen molar-refractivity contribution < 1.29 is 23.1 Å². The molecule has 1 aromatic carbocycles. The van der Waals surface area contributed by atoms with Crippen LogP contribution in [0.1, 0.15) is 21.5 Å². The van der Waals surface area contributed by atoms with E-state index < -0.39 is 28.8 Å². The Morgan fingerprint density at radius 3 is 2.55 bits per heavy atom. The third-order valence-corrected chi connectivity index (χ3v) is 3.28. The molecule has 0 spiro atoms. The van der Waals surface area contributed by atoms with Gasteiger partial charge in [0.25, 0.3) is 5.56 Å². The zero-order valence-corrected chi connectivity index (χ0v) is 11.7. The van der Waals surface area contributed by atoms with Crippen molar-refractivity contribution in [1.29, 1.82) is 0 Å². The van der Waals surface area contributed by atoms with Gasteiger partial charge >= 0.3 is 12.1 Å². The van der Waals surface area contributed by atoms with Gasteiger partial charge in [0.05, 0.1) is 28.0 Å². The summed E-state index contributed by atoms with van der Waals surface area (Å²) in [6, 6.07) is 3.57. The van der Waals surface area contributed by atoms with Crippen LogP contribution in [0.15, 0.2) is 29.2 Å². The molecule has 0 radical (unpaired) electrons. The van der Waals surface area contributed by atoms with Crippen LogP contribution >= 0.6 is 11.6 Å². The molecule has 0 saturated heterocycles. The number of nitrogens with zero attached hydrogens (tertiary/aromatic N) is 2. The maximum Gasteiger partial charge on any atom is 0.418 e. The molecule has 116 valence electrons. The number of carbonyl (C=O) groups is 1. The number of carboxylic acids is 1. The minimum Gasteiger partial charge on any atom is -0.478 e. The summed E-state index contributed by atoms with van der Waals surface area (Å²) in [5.74, 6) is -1.33. The van der Waals surface area contributed by atoms with Crippen LogP contribution in [0.25, 0.3) is 5.69 Å². The second kappa shape index (κ2) is 5.45. The van der Waals surface area contributed by atoms with Crippen molar-refractivity contribution in [2.45, 2.75) is 13.1 Å². The summed E-state index contributed by atoms with van der Waals surface area (Å²) in [6.45, 7) is 1.03. The van der Waals surface area contributed by atoms with Crippen molar-refractivity contribution >= 4 is 17.6 Å². The summed E-state index contributed by atoms with van der Waals surface area (Å²) in [7, 11) is 0. The van der Waals surface area contributed by atoms with Crippen molar-refractivity contribution in [3.05, 3.63) is 56.5 Å². The normalized spacial score (nSPS) is 11.5. The molecule has 0 bridgehead atoms. The highest BCUT2D eigenvalue weighted by Crippen LogP contribution is 2.30. The van der Waals surface area contributed by atoms with E-state index in [4.69, 9.17) is 16.7 Å². The van der Waals surface area contributed by atoms with Crippen molar-refractivity contribution in [3.63, 3.8) is 0 Å². The molecular weight excluding hydrogens is 325 g/mol. The van der Waals surface area contributed by atoms with Crippen molar-refractivity contribution in [2.24, 2.45) is 0 Å². The number of aromatic nitrogens is 2. The molecule has 1 aromatic heterocycles. The molecule has 0 saturated carbocycles. The van der Waals surface area contributed by atoms with Crippen LogP contribution in [-0.2, 0) is 6.18 Å². The van der Waals surface area contributed by atoms with Crippen LogP contribution < -0.4 is 5.56 Å². The largest absolute Gasteiger partial charge is 0.478 e. The number of aromatic carboxylic acids is 1. The first-order chi connectivity index (χ1) is 10.1. The lowest BCUT2D eigenvalue weighted by atomic mass is 10.1. The molecule has 0 aliphatic rings. The van der Waals surface area contributed by atoms with E-state index in [-0.39, 0.29) is 16.3 Å². The van der Waals surface area contributed by atoms with Crippen LogP contribution in [0, 0.1) is 6.92 Å². The highest BCUT2D eigenvalue weighted by atomic mass is 35.5. The fourth-order valence-corrected chi connectivity index (χ4v) is 2.02. The molecule has 2 aromatic rings.